The minimum atomic E-state index is -0.398. The van der Waals surface area contributed by atoms with Gasteiger partial charge in [0.1, 0.15) is 5.76 Å². The van der Waals surface area contributed by atoms with E-state index in [4.69, 9.17) is 0 Å². The first-order chi connectivity index (χ1) is 7.08. The number of esters is 3. The summed E-state index contributed by atoms with van der Waals surface area (Å²) in [5.41, 5.74) is 0. The van der Waals surface area contributed by atoms with E-state index >= 15 is 0 Å². The van der Waals surface area contributed by atoms with Crippen molar-refractivity contribution in [1.29, 1.82) is 0 Å². The van der Waals surface area contributed by atoms with Crippen LogP contribution < -0.4 is 0 Å². The highest BCUT2D eigenvalue weighted by atomic mass is 16.6. The molecule has 2 fully saturated rings. The number of hydrogen-bond donors (Lipinski definition) is 0. The maximum Gasteiger partial charge on any atom is 0.314 e. The molecule has 0 spiro atoms. The van der Waals surface area contributed by atoms with Crippen molar-refractivity contribution in [1.82, 2.24) is 0 Å². The Kier molecular flexibility index (Phi) is 8.86. The third kappa shape index (κ3) is 7.27. The molecule has 17 heavy (non-hydrogen) atoms. The number of hydrogen-bond acceptors (Lipinski definition) is 5. The number of carbonyl (C=O) groups is 3. The van der Waals surface area contributed by atoms with E-state index in [2.05, 4.69) is 16.1 Å². The summed E-state index contributed by atoms with van der Waals surface area (Å²) in [5.74, 6) is -0.322. The highest BCUT2D eigenvalue weighted by Gasteiger charge is 2.19. The predicted molar refractivity (Wildman–Crippen MR) is 62.9 cm³/mol. The van der Waals surface area contributed by atoms with Gasteiger partial charge in [0.15, 0.2) is 0 Å². The van der Waals surface area contributed by atoms with Gasteiger partial charge in [0.05, 0.1) is 12.8 Å². The Morgan fingerprint density at radius 2 is 1.24 bits per heavy atom. The summed E-state index contributed by atoms with van der Waals surface area (Å²) in [5, 5.41) is 0. The lowest BCUT2D eigenvalue weighted by molar-refractivity contribution is -0.152. The number of allylic oxidation sites excluding steroid dienone is 1. The van der Waals surface area contributed by atoms with Gasteiger partial charge in [-0.25, -0.2) is 0 Å². The van der Waals surface area contributed by atoms with Gasteiger partial charge in [0, 0.05) is 12.8 Å². The molecule has 0 aromatic rings. The molecule has 0 N–H and O–H groups in total. The normalized spacial score (nSPS) is 17.9. The number of carbonyl (C=O) groups excluding carboxylic acids is 3. The SMILES string of the molecule is C.C.C=C1CCCC(=O)O1.O=C1CCC(=O)O1. The van der Waals surface area contributed by atoms with Crippen molar-refractivity contribution in [3.05, 3.63) is 12.3 Å². The molecule has 2 rings (SSSR count). The standard InChI is InChI=1S/C6H8O2.C4H4O3.2CH4/c1-5-3-2-4-6(7)8-5;5-3-1-2-4(6)7-3;;/h1-4H2;1-2H2;2*1H4. The van der Waals surface area contributed by atoms with Gasteiger partial charge in [-0.05, 0) is 6.42 Å². The molecule has 0 saturated carbocycles. The van der Waals surface area contributed by atoms with Crippen LogP contribution in [0.4, 0.5) is 0 Å². The third-order valence-electron chi connectivity index (χ3n) is 1.86. The van der Waals surface area contributed by atoms with Crippen molar-refractivity contribution < 1.29 is 23.9 Å². The Morgan fingerprint density at radius 3 is 1.47 bits per heavy atom. The Hall–Kier alpha value is -1.65. The van der Waals surface area contributed by atoms with Crippen molar-refractivity contribution >= 4 is 17.9 Å². The molecule has 0 aromatic heterocycles. The van der Waals surface area contributed by atoms with Gasteiger partial charge in [-0.2, -0.15) is 0 Å². The molecule has 2 saturated heterocycles. The van der Waals surface area contributed by atoms with E-state index in [1.807, 2.05) is 0 Å². The van der Waals surface area contributed by atoms with Crippen molar-refractivity contribution in [2.45, 2.75) is 47.0 Å². The summed E-state index contributed by atoms with van der Waals surface area (Å²) in [7, 11) is 0. The molecule has 0 unspecified atom stereocenters. The van der Waals surface area contributed by atoms with Crippen LogP contribution in [0.25, 0.3) is 0 Å². The van der Waals surface area contributed by atoms with Crippen LogP contribution in [0.5, 0.6) is 0 Å². The van der Waals surface area contributed by atoms with Gasteiger partial charge in [0.25, 0.3) is 0 Å². The van der Waals surface area contributed by atoms with Crippen LogP contribution in [0, 0.1) is 0 Å². The van der Waals surface area contributed by atoms with Crippen LogP contribution in [0.3, 0.4) is 0 Å². The van der Waals surface area contributed by atoms with Gasteiger partial charge in [0.2, 0.25) is 0 Å². The molecule has 0 bridgehead atoms. The van der Waals surface area contributed by atoms with Crippen LogP contribution in [0.15, 0.2) is 12.3 Å². The molecule has 2 aliphatic heterocycles. The topological polar surface area (TPSA) is 69.7 Å². The van der Waals surface area contributed by atoms with E-state index in [-0.39, 0.29) is 33.7 Å². The van der Waals surface area contributed by atoms with E-state index in [1.54, 1.807) is 0 Å². The van der Waals surface area contributed by atoms with Crippen LogP contribution in [0.2, 0.25) is 0 Å². The highest BCUT2D eigenvalue weighted by Crippen LogP contribution is 2.14. The maximum atomic E-state index is 10.4. The largest absolute Gasteiger partial charge is 0.432 e. The Labute approximate surface area is 102 Å². The van der Waals surface area contributed by atoms with E-state index in [1.165, 1.54) is 0 Å². The van der Waals surface area contributed by atoms with Crippen LogP contribution in [-0.4, -0.2) is 17.9 Å². The van der Waals surface area contributed by atoms with Crippen LogP contribution >= 0.6 is 0 Å². The quantitative estimate of drug-likeness (QED) is 0.483. The number of ether oxygens (including phenoxy) is 2. The predicted octanol–water partition coefficient (Wildman–Crippen LogP) is 2.35. The minimum Gasteiger partial charge on any atom is -0.432 e. The van der Waals surface area contributed by atoms with Crippen molar-refractivity contribution in [2.24, 2.45) is 0 Å². The fraction of sp³-hybridized carbons (Fsp3) is 0.583. The lowest BCUT2D eigenvalue weighted by Crippen LogP contribution is -2.08. The average Bonchev–Trinajstić information content (AvgIpc) is 2.50. The Morgan fingerprint density at radius 1 is 0.765 bits per heavy atom. The van der Waals surface area contributed by atoms with E-state index in [0.29, 0.717) is 12.2 Å². The fourth-order valence-corrected chi connectivity index (χ4v) is 1.13. The van der Waals surface area contributed by atoms with Crippen LogP contribution in [0.1, 0.15) is 47.0 Å². The van der Waals surface area contributed by atoms with Crippen molar-refractivity contribution in [3.63, 3.8) is 0 Å². The Bertz CT molecular complexity index is 278. The molecular formula is C12H20O5. The summed E-state index contributed by atoms with van der Waals surface area (Å²) in [4.78, 5) is 30.4. The second-order valence-electron chi connectivity index (χ2n) is 3.21. The first kappa shape index (κ1) is 17.7. The summed E-state index contributed by atoms with van der Waals surface area (Å²) in [6.07, 6.45) is 2.82. The molecule has 2 heterocycles. The zero-order valence-electron chi connectivity index (χ0n) is 8.28. The lowest BCUT2D eigenvalue weighted by Gasteiger charge is -2.11. The van der Waals surface area contributed by atoms with E-state index < -0.39 is 11.9 Å². The molecule has 0 atom stereocenters. The average molecular weight is 244 g/mol. The molecule has 0 aromatic carbocycles. The van der Waals surface area contributed by atoms with Gasteiger partial charge >= 0.3 is 17.9 Å². The molecule has 5 heteroatoms. The molecular weight excluding hydrogens is 224 g/mol. The van der Waals surface area contributed by atoms with Crippen LogP contribution in [-0.2, 0) is 23.9 Å². The number of cyclic esters (lactones) is 3. The molecule has 0 amide bonds. The molecule has 0 radical (unpaired) electrons. The van der Waals surface area contributed by atoms with Crippen molar-refractivity contribution in [3.8, 4) is 0 Å². The number of rotatable bonds is 0. The summed E-state index contributed by atoms with van der Waals surface area (Å²) >= 11 is 0. The second kappa shape index (κ2) is 8.50. The summed E-state index contributed by atoms with van der Waals surface area (Å²) in [6, 6.07) is 0. The minimum absolute atomic E-state index is 0. The molecule has 98 valence electrons. The van der Waals surface area contributed by atoms with Gasteiger partial charge in [-0.3, -0.25) is 14.4 Å². The summed E-state index contributed by atoms with van der Waals surface area (Å²) in [6.45, 7) is 3.52. The highest BCUT2D eigenvalue weighted by molar-refractivity contribution is 5.92. The zero-order valence-corrected chi connectivity index (χ0v) is 8.28. The van der Waals surface area contributed by atoms with Gasteiger partial charge in [-0.15, -0.1) is 0 Å². The van der Waals surface area contributed by atoms with Gasteiger partial charge in [-0.1, -0.05) is 21.4 Å². The van der Waals surface area contributed by atoms with Gasteiger partial charge < -0.3 is 9.47 Å². The van der Waals surface area contributed by atoms with Crippen molar-refractivity contribution in [2.75, 3.05) is 0 Å². The first-order valence-electron chi connectivity index (χ1n) is 4.70. The maximum absolute atomic E-state index is 10.4. The third-order valence-corrected chi connectivity index (χ3v) is 1.86. The van der Waals surface area contributed by atoms with E-state index in [0.717, 1.165) is 12.8 Å². The smallest absolute Gasteiger partial charge is 0.314 e. The van der Waals surface area contributed by atoms with E-state index in [9.17, 15) is 14.4 Å². The first-order valence-corrected chi connectivity index (χ1v) is 4.70. The summed E-state index contributed by atoms with van der Waals surface area (Å²) < 4.78 is 8.74. The molecule has 5 nitrogen and oxygen atoms in total. The zero-order chi connectivity index (χ0) is 11.3. The second-order valence-corrected chi connectivity index (χ2v) is 3.21. The Balaban J connectivity index is 0. The lowest BCUT2D eigenvalue weighted by atomic mass is 10.2. The molecule has 0 aliphatic carbocycles. The monoisotopic (exact) mass is 244 g/mol. The fourth-order valence-electron chi connectivity index (χ4n) is 1.13. The molecule has 2 aliphatic rings.